The van der Waals surface area contributed by atoms with Crippen molar-refractivity contribution >= 4 is 17.9 Å². The topological polar surface area (TPSA) is 67.2 Å². The molecule has 29 heavy (non-hydrogen) atoms. The van der Waals surface area contributed by atoms with Crippen molar-refractivity contribution in [1.82, 2.24) is 20.0 Å². The number of carbonyl (C=O) groups excluding carboxylic acids is 2. The average Bonchev–Trinajstić information content (AvgIpc) is 3.16. The smallest absolute Gasteiger partial charge is 0.244 e. The maximum atomic E-state index is 13.3. The fourth-order valence-corrected chi connectivity index (χ4v) is 2.60. The highest BCUT2D eigenvalue weighted by molar-refractivity contribution is 5.95. The van der Waals surface area contributed by atoms with Crippen molar-refractivity contribution in [3.8, 4) is 16.9 Å². The van der Waals surface area contributed by atoms with E-state index in [2.05, 4.69) is 10.4 Å². The molecule has 0 fully saturated rings. The summed E-state index contributed by atoms with van der Waals surface area (Å²) < 4.78 is 15.0. The van der Waals surface area contributed by atoms with Crippen molar-refractivity contribution in [2.45, 2.75) is 0 Å². The van der Waals surface area contributed by atoms with Gasteiger partial charge in [0, 0.05) is 37.5 Å². The zero-order valence-corrected chi connectivity index (χ0v) is 16.2. The van der Waals surface area contributed by atoms with Crippen LogP contribution >= 0.6 is 0 Å². The molecule has 0 unspecified atom stereocenters. The van der Waals surface area contributed by atoms with Crippen LogP contribution in [0.25, 0.3) is 23.0 Å². The maximum Gasteiger partial charge on any atom is 0.244 e. The second-order valence-electron chi connectivity index (χ2n) is 6.56. The van der Waals surface area contributed by atoms with Gasteiger partial charge in [0.1, 0.15) is 5.82 Å². The number of para-hydroxylation sites is 1. The first-order valence-electron chi connectivity index (χ1n) is 9.01. The first-order valence-corrected chi connectivity index (χ1v) is 9.01. The van der Waals surface area contributed by atoms with E-state index in [1.807, 2.05) is 30.3 Å². The molecule has 0 saturated heterocycles. The van der Waals surface area contributed by atoms with E-state index in [0.717, 1.165) is 11.3 Å². The van der Waals surface area contributed by atoms with E-state index in [-0.39, 0.29) is 18.3 Å². The molecular weight excluding hydrogens is 371 g/mol. The van der Waals surface area contributed by atoms with Crippen LogP contribution < -0.4 is 5.32 Å². The molecule has 0 bridgehead atoms. The van der Waals surface area contributed by atoms with E-state index in [1.165, 1.54) is 23.1 Å². The van der Waals surface area contributed by atoms with Crippen LogP contribution in [-0.4, -0.2) is 47.1 Å². The highest BCUT2D eigenvalue weighted by atomic mass is 19.1. The normalized spacial score (nSPS) is 10.9. The van der Waals surface area contributed by atoms with Crippen molar-refractivity contribution in [3.63, 3.8) is 0 Å². The zero-order valence-electron chi connectivity index (χ0n) is 16.2. The molecule has 0 atom stereocenters. The van der Waals surface area contributed by atoms with Crippen molar-refractivity contribution in [3.05, 3.63) is 78.3 Å². The summed E-state index contributed by atoms with van der Waals surface area (Å²) in [4.78, 5) is 25.1. The molecule has 1 aromatic heterocycles. The SMILES string of the molecule is CN(C)C(=O)CNC(=O)/C=C/c1cn(-c2ccccc2)nc1-c1ccc(F)cc1. The molecule has 0 aliphatic carbocycles. The summed E-state index contributed by atoms with van der Waals surface area (Å²) in [5, 5.41) is 7.15. The third-order valence-corrected chi connectivity index (χ3v) is 4.21. The lowest BCUT2D eigenvalue weighted by Crippen LogP contribution is -2.35. The van der Waals surface area contributed by atoms with Crippen LogP contribution in [0.15, 0.2) is 66.9 Å². The molecule has 3 rings (SSSR count). The van der Waals surface area contributed by atoms with E-state index in [4.69, 9.17) is 0 Å². The predicted octanol–water partition coefficient (Wildman–Crippen LogP) is 2.90. The number of hydrogen-bond acceptors (Lipinski definition) is 3. The Kier molecular flexibility index (Phi) is 6.19. The van der Waals surface area contributed by atoms with Crippen molar-refractivity contribution in [2.75, 3.05) is 20.6 Å². The quantitative estimate of drug-likeness (QED) is 0.656. The van der Waals surface area contributed by atoms with E-state index >= 15 is 0 Å². The Bertz CT molecular complexity index is 1020. The van der Waals surface area contributed by atoms with Gasteiger partial charge < -0.3 is 10.2 Å². The number of amides is 2. The van der Waals surface area contributed by atoms with Gasteiger partial charge >= 0.3 is 0 Å². The number of carbonyl (C=O) groups is 2. The van der Waals surface area contributed by atoms with Gasteiger partial charge in [-0.15, -0.1) is 0 Å². The highest BCUT2D eigenvalue weighted by Crippen LogP contribution is 2.25. The van der Waals surface area contributed by atoms with Crippen LogP contribution in [0, 0.1) is 5.82 Å². The lowest BCUT2D eigenvalue weighted by atomic mass is 10.1. The van der Waals surface area contributed by atoms with Crippen LogP contribution in [0.3, 0.4) is 0 Å². The molecule has 2 amide bonds. The van der Waals surface area contributed by atoms with Gasteiger partial charge in [-0.1, -0.05) is 18.2 Å². The van der Waals surface area contributed by atoms with E-state index in [1.54, 1.807) is 43.2 Å². The Hall–Kier alpha value is -3.74. The van der Waals surface area contributed by atoms with Gasteiger partial charge in [0.05, 0.1) is 17.9 Å². The van der Waals surface area contributed by atoms with Crippen molar-refractivity contribution < 1.29 is 14.0 Å². The van der Waals surface area contributed by atoms with Gasteiger partial charge in [0.25, 0.3) is 0 Å². The number of nitrogens with one attached hydrogen (secondary N) is 1. The second kappa shape index (κ2) is 8.97. The molecular formula is C22H21FN4O2. The van der Waals surface area contributed by atoms with E-state index in [0.29, 0.717) is 11.3 Å². The van der Waals surface area contributed by atoms with E-state index < -0.39 is 5.91 Å². The first-order chi connectivity index (χ1) is 13.9. The van der Waals surface area contributed by atoms with Crippen LogP contribution in [0.4, 0.5) is 4.39 Å². The first kappa shape index (κ1) is 20.0. The molecule has 0 radical (unpaired) electrons. The third-order valence-electron chi connectivity index (χ3n) is 4.21. The largest absolute Gasteiger partial charge is 0.347 e. The average molecular weight is 392 g/mol. The number of hydrogen-bond donors (Lipinski definition) is 1. The molecule has 148 valence electrons. The summed E-state index contributed by atoms with van der Waals surface area (Å²) >= 11 is 0. The number of aromatic nitrogens is 2. The fourth-order valence-electron chi connectivity index (χ4n) is 2.60. The second-order valence-corrected chi connectivity index (χ2v) is 6.56. The Labute approximate surface area is 168 Å². The minimum atomic E-state index is -0.391. The van der Waals surface area contributed by atoms with E-state index in [9.17, 15) is 14.0 Å². The molecule has 0 aliphatic heterocycles. The van der Waals surface area contributed by atoms with Gasteiger partial charge in [0.2, 0.25) is 11.8 Å². The summed E-state index contributed by atoms with van der Waals surface area (Å²) in [6.45, 7) is -0.0791. The third kappa shape index (κ3) is 5.16. The lowest BCUT2D eigenvalue weighted by molar-refractivity contribution is -0.129. The Balaban J connectivity index is 1.88. The van der Waals surface area contributed by atoms with Crippen LogP contribution in [0.1, 0.15) is 5.56 Å². The molecule has 0 aliphatic rings. The molecule has 7 heteroatoms. The number of nitrogens with zero attached hydrogens (tertiary/aromatic N) is 3. The van der Waals surface area contributed by atoms with Gasteiger partial charge in [-0.3, -0.25) is 9.59 Å². The van der Waals surface area contributed by atoms with Gasteiger partial charge in [0.15, 0.2) is 0 Å². The molecule has 1 heterocycles. The van der Waals surface area contributed by atoms with Crippen LogP contribution in [-0.2, 0) is 9.59 Å². The number of benzene rings is 2. The number of halogens is 1. The monoisotopic (exact) mass is 392 g/mol. The minimum Gasteiger partial charge on any atom is -0.347 e. The zero-order chi connectivity index (χ0) is 20.8. The molecule has 6 nitrogen and oxygen atoms in total. The number of rotatable bonds is 6. The predicted molar refractivity (Wildman–Crippen MR) is 110 cm³/mol. The minimum absolute atomic E-state index is 0.0791. The standard InChI is InChI=1S/C22H21FN4O2/c1-26(2)21(29)14-24-20(28)13-10-17-15-27(19-6-4-3-5-7-19)25-22(17)16-8-11-18(23)12-9-16/h3-13,15H,14H2,1-2H3,(H,24,28)/b13-10+. The van der Waals surface area contributed by atoms with Crippen LogP contribution in [0.2, 0.25) is 0 Å². The molecule has 3 aromatic rings. The summed E-state index contributed by atoms with van der Waals surface area (Å²) in [5.41, 5.74) is 2.89. The Morgan fingerprint density at radius 2 is 1.79 bits per heavy atom. The highest BCUT2D eigenvalue weighted by Gasteiger charge is 2.11. The Morgan fingerprint density at radius 1 is 1.10 bits per heavy atom. The summed E-state index contributed by atoms with van der Waals surface area (Å²) in [6.07, 6.45) is 4.77. The fraction of sp³-hybridized carbons (Fsp3) is 0.136. The summed E-state index contributed by atoms with van der Waals surface area (Å²) in [7, 11) is 3.24. The summed E-state index contributed by atoms with van der Waals surface area (Å²) in [5.74, 6) is -0.924. The molecule has 0 spiro atoms. The molecule has 1 N–H and O–H groups in total. The van der Waals surface area contributed by atoms with Crippen LogP contribution in [0.5, 0.6) is 0 Å². The summed E-state index contributed by atoms with van der Waals surface area (Å²) in [6, 6.07) is 15.5. The Morgan fingerprint density at radius 3 is 2.45 bits per heavy atom. The maximum absolute atomic E-state index is 13.3. The molecule has 0 saturated carbocycles. The van der Waals surface area contributed by atoms with Gasteiger partial charge in [-0.05, 0) is 42.5 Å². The van der Waals surface area contributed by atoms with Crippen molar-refractivity contribution in [2.24, 2.45) is 0 Å². The van der Waals surface area contributed by atoms with Gasteiger partial charge in [-0.25, -0.2) is 9.07 Å². The van der Waals surface area contributed by atoms with Crippen molar-refractivity contribution in [1.29, 1.82) is 0 Å². The van der Waals surface area contributed by atoms with Gasteiger partial charge in [-0.2, -0.15) is 5.10 Å². The number of likely N-dealkylation sites (N-methyl/N-ethyl adjacent to an activating group) is 1. The lowest BCUT2D eigenvalue weighted by Gasteiger charge is -2.09. The molecule has 2 aromatic carbocycles.